The number of aromatic amines is 3. The van der Waals surface area contributed by atoms with Crippen molar-refractivity contribution in [2.75, 3.05) is 64.1 Å². The number of ketones is 2. The first-order chi connectivity index (χ1) is 37.3. The highest BCUT2D eigenvalue weighted by Gasteiger charge is 2.30. The molecule has 2 aliphatic heterocycles. The first-order valence-corrected chi connectivity index (χ1v) is 26.7. The van der Waals surface area contributed by atoms with Crippen LogP contribution in [-0.2, 0) is 32.6 Å². The number of carbonyl (C=O) groups excluding carboxylic acids is 2. The smallest absolute Gasteiger partial charge is 0.268 e. The highest BCUT2D eigenvalue weighted by atomic mass is 32.2. The topological polar surface area (TPSA) is 259 Å². The van der Waals surface area contributed by atoms with Gasteiger partial charge in [-0.3, -0.25) is 19.4 Å². The van der Waals surface area contributed by atoms with Gasteiger partial charge in [-0.05, 0) is 97.8 Å². The van der Waals surface area contributed by atoms with Gasteiger partial charge in [-0.1, -0.05) is 42.5 Å². The molecule has 5 aromatic carbocycles. The summed E-state index contributed by atoms with van der Waals surface area (Å²) in [7, 11) is -4.15. The van der Waals surface area contributed by atoms with E-state index in [0.29, 0.717) is 53.4 Å². The Kier molecular flexibility index (Phi) is 12.8. The van der Waals surface area contributed by atoms with Gasteiger partial charge >= 0.3 is 0 Å². The molecule has 0 unspecified atom stereocenters. The number of aromatic nitrogens is 10. The molecule has 8 heterocycles. The molecule has 0 spiro atoms. The van der Waals surface area contributed by atoms with E-state index in [-0.39, 0.29) is 27.8 Å². The van der Waals surface area contributed by atoms with Gasteiger partial charge in [0.15, 0.2) is 0 Å². The van der Waals surface area contributed by atoms with Gasteiger partial charge < -0.3 is 35.9 Å². The van der Waals surface area contributed by atoms with E-state index in [4.69, 9.17) is 20.9 Å². The van der Waals surface area contributed by atoms with E-state index in [9.17, 15) is 18.0 Å². The minimum Gasteiger partial charge on any atom is -0.383 e. The number of nitrogens with two attached hydrogens (primary N) is 2. The largest absolute Gasteiger partial charge is 0.383 e. The van der Waals surface area contributed by atoms with Crippen LogP contribution in [0.5, 0.6) is 0 Å². The summed E-state index contributed by atoms with van der Waals surface area (Å²) >= 11 is 0. The maximum absolute atomic E-state index is 14.1. The van der Waals surface area contributed by atoms with E-state index in [0.717, 1.165) is 106 Å². The van der Waals surface area contributed by atoms with E-state index < -0.39 is 15.8 Å². The molecule has 0 bridgehead atoms. The van der Waals surface area contributed by atoms with Crippen LogP contribution >= 0.6 is 0 Å². The Labute approximate surface area is 441 Å². The lowest BCUT2D eigenvalue weighted by atomic mass is 10.1. The minimum atomic E-state index is -4.15. The molecule has 6 aromatic heterocycles. The number of hydrogen-bond acceptors (Lipinski definition) is 14. The number of fused-ring (bicyclic) bond motifs is 4. The number of H-pyrrole nitrogens is 3. The third-order valence-corrected chi connectivity index (χ3v) is 15.8. The molecule has 21 heteroatoms. The van der Waals surface area contributed by atoms with Crippen molar-refractivity contribution in [3.05, 3.63) is 173 Å². The fraction of sp³-hybridized carbons (Fsp3) is 0.214. The molecule has 2 aliphatic rings. The molecule has 77 heavy (non-hydrogen) atoms. The summed E-state index contributed by atoms with van der Waals surface area (Å²) in [6.07, 6.45) is 2.89. The number of aryl methyl sites for hydroxylation is 2. The van der Waals surface area contributed by atoms with Crippen molar-refractivity contribution in [3.8, 4) is 11.4 Å². The number of imidazole rings is 2. The average Bonchev–Trinajstić information content (AvgIpc) is 4.41. The van der Waals surface area contributed by atoms with Gasteiger partial charge in [-0.2, -0.15) is 10.2 Å². The van der Waals surface area contributed by atoms with Crippen molar-refractivity contribution in [2.45, 2.75) is 31.8 Å². The lowest BCUT2D eigenvalue weighted by molar-refractivity contribution is 0.0341. The maximum atomic E-state index is 14.1. The van der Waals surface area contributed by atoms with Crippen LogP contribution in [0.25, 0.3) is 55.2 Å². The van der Waals surface area contributed by atoms with Crippen LogP contribution in [-0.4, -0.2) is 131 Å². The van der Waals surface area contributed by atoms with Gasteiger partial charge in [0.1, 0.15) is 29.0 Å². The van der Waals surface area contributed by atoms with Gasteiger partial charge in [0.2, 0.25) is 11.6 Å². The predicted octanol–water partition coefficient (Wildman–Crippen LogP) is 7.08. The number of nitrogens with one attached hydrogen (secondary N) is 3. The molecule has 2 fully saturated rings. The third-order valence-electron chi connectivity index (χ3n) is 14.1. The molecule has 390 valence electrons. The van der Waals surface area contributed by atoms with Crippen molar-refractivity contribution in [3.63, 3.8) is 0 Å². The summed E-state index contributed by atoms with van der Waals surface area (Å²) in [6, 6.07) is 34.7. The Morgan fingerprint density at radius 1 is 0.584 bits per heavy atom. The fourth-order valence-corrected chi connectivity index (χ4v) is 11.7. The monoisotopic (exact) mass is 1050 g/mol. The van der Waals surface area contributed by atoms with Crippen LogP contribution in [0.2, 0.25) is 0 Å². The molecule has 0 saturated carbocycles. The number of rotatable bonds is 12. The van der Waals surface area contributed by atoms with Crippen molar-refractivity contribution < 1.29 is 27.5 Å². The van der Waals surface area contributed by atoms with Crippen molar-refractivity contribution >= 4 is 77.1 Å². The maximum Gasteiger partial charge on any atom is 0.268 e. The minimum absolute atomic E-state index is 0.0213. The van der Waals surface area contributed by atoms with Gasteiger partial charge in [-0.25, -0.2) is 31.7 Å². The van der Waals surface area contributed by atoms with Crippen LogP contribution in [0.3, 0.4) is 0 Å². The summed E-state index contributed by atoms with van der Waals surface area (Å²) in [6.45, 7) is 11.6. The molecule has 0 atom stereocenters. The molecule has 7 N–H and O–H groups in total. The Balaban J connectivity index is 0.000000159. The quantitative estimate of drug-likeness (QED) is 0.0767. The first kappa shape index (κ1) is 49.2. The predicted molar refractivity (Wildman–Crippen MR) is 293 cm³/mol. The third kappa shape index (κ3) is 9.55. The van der Waals surface area contributed by atoms with Crippen molar-refractivity contribution in [1.82, 2.24) is 58.3 Å². The second-order valence-corrected chi connectivity index (χ2v) is 21.1. The normalized spacial score (nSPS) is 14.7. The summed E-state index contributed by atoms with van der Waals surface area (Å²) in [5.74, 6) is 1.26. The van der Waals surface area contributed by atoms with E-state index in [2.05, 4.69) is 57.0 Å². The van der Waals surface area contributed by atoms with Gasteiger partial charge in [-0.15, -0.1) is 0 Å². The van der Waals surface area contributed by atoms with Crippen molar-refractivity contribution in [2.24, 2.45) is 0 Å². The summed E-state index contributed by atoms with van der Waals surface area (Å²) < 4.78 is 43.3. The number of carbonyl (C=O) groups is 2. The molecular weight excluding hydrogens is 997 g/mol. The highest BCUT2D eigenvalue weighted by Crippen LogP contribution is 2.32. The molecular formula is C56H54N14O6S. The number of morpholine rings is 2. The fourth-order valence-electron chi connectivity index (χ4n) is 10.1. The zero-order chi connectivity index (χ0) is 53.0. The molecule has 0 amide bonds. The van der Waals surface area contributed by atoms with Crippen LogP contribution in [0.4, 0.5) is 11.6 Å². The number of hydrogen-bond donors (Lipinski definition) is 5. The number of benzene rings is 5. The molecule has 11 aromatic rings. The number of ether oxygens (including phenoxy) is 2. The molecule has 20 nitrogen and oxygen atoms in total. The van der Waals surface area contributed by atoms with Gasteiger partial charge in [0, 0.05) is 55.6 Å². The number of anilines is 2. The summed E-state index contributed by atoms with van der Waals surface area (Å²) in [5.41, 5.74) is 22.0. The Morgan fingerprint density at radius 2 is 1.12 bits per heavy atom. The van der Waals surface area contributed by atoms with E-state index in [1.807, 2.05) is 80.6 Å². The zero-order valence-corrected chi connectivity index (χ0v) is 43.0. The molecule has 2 saturated heterocycles. The Morgan fingerprint density at radius 3 is 1.69 bits per heavy atom. The second-order valence-electron chi connectivity index (χ2n) is 19.3. The first-order valence-electron chi connectivity index (χ1n) is 25.2. The highest BCUT2D eigenvalue weighted by molar-refractivity contribution is 7.90. The molecule has 13 rings (SSSR count). The van der Waals surface area contributed by atoms with E-state index in [1.54, 1.807) is 28.9 Å². The van der Waals surface area contributed by atoms with E-state index in [1.165, 1.54) is 34.8 Å². The number of nitrogens with zero attached hydrogens (tertiary/aromatic N) is 9. The van der Waals surface area contributed by atoms with Crippen LogP contribution in [0.1, 0.15) is 54.9 Å². The second kappa shape index (κ2) is 20.1. The van der Waals surface area contributed by atoms with Crippen molar-refractivity contribution in [1.29, 1.82) is 0 Å². The van der Waals surface area contributed by atoms with Crippen LogP contribution in [0, 0.1) is 13.8 Å². The Bertz CT molecular complexity index is 4160. The lowest BCUT2D eigenvalue weighted by Crippen LogP contribution is -2.35. The van der Waals surface area contributed by atoms with Crippen LogP contribution < -0.4 is 11.5 Å². The SMILES string of the molecule is Cc1nc2cc(-n3ncc(C(=O)c4cc5ccc(CN6CCOCC6)cc5[nH]4)c3N)ccc2[nH]1.Cc1nc2cc(-n3ncc(C(=O)c4cc5ccc(CN6CCOCC6)cc5n4S(=O)(=O)c4ccccc4)c3N)ccc2[nH]1. The zero-order valence-electron chi connectivity index (χ0n) is 42.2. The van der Waals surface area contributed by atoms with Gasteiger partial charge in [0.05, 0.1) is 99.5 Å². The Hall–Kier alpha value is -8.73. The van der Waals surface area contributed by atoms with Crippen LogP contribution in [0.15, 0.2) is 133 Å². The molecule has 0 aliphatic carbocycles. The number of nitrogen functional groups attached to an aromatic ring is 2. The summed E-state index contributed by atoms with van der Waals surface area (Å²) in [5, 5.41) is 10.4. The standard InChI is InChI=1S/C31H29N7O4S.C25H25N7O2/c1-20-34-26-10-9-23(17-27(26)35-20)37-31(32)25(18-33-37)30(39)29-16-22-8-7-21(19-36-11-13-42-14-12-36)15-28(22)38(29)43(40,41)24-5-3-2-4-6-24;1-15-28-20-5-4-18(12-22(20)29-15)32-25(26)19(13-27-32)24(33)23-11-17-3-2-16(10-21(17)30-23)14-31-6-8-34-9-7-31/h2-10,15-18H,11-14,19,32H2,1H3,(H,34,35);2-5,10-13,30H,6-9,14,26H2,1H3,(H,28,29). The van der Waals surface area contributed by atoms with E-state index >= 15 is 0 Å². The lowest BCUT2D eigenvalue weighted by Gasteiger charge is -2.26. The van der Waals surface area contributed by atoms with Gasteiger partial charge in [0.25, 0.3) is 10.0 Å². The summed E-state index contributed by atoms with van der Waals surface area (Å²) in [4.78, 5) is 50.7. The molecule has 0 radical (unpaired) electrons. The average molecular weight is 1050 g/mol.